The molecule has 2 aromatic rings. The van der Waals surface area contributed by atoms with Gasteiger partial charge in [0, 0.05) is 17.7 Å². The maximum absolute atomic E-state index is 12.7. The van der Waals surface area contributed by atoms with Crippen LogP contribution < -0.4 is 10.6 Å². The van der Waals surface area contributed by atoms with Gasteiger partial charge in [-0.3, -0.25) is 14.5 Å². The third-order valence-electron chi connectivity index (χ3n) is 4.49. The second-order valence-corrected chi connectivity index (χ2v) is 9.84. The summed E-state index contributed by atoms with van der Waals surface area (Å²) >= 11 is 3.92. The first-order valence-electron chi connectivity index (χ1n) is 8.91. The molecule has 3 heterocycles. The summed E-state index contributed by atoms with van der Waals surface area (Å²) in [4.78, 5) is 38.8. The molecule has 12 heteroatoms. The van der Waals surface area contributed by atoms with Gasteiger partial charge in [0.25, 0.3) is 5.91 Å². The van der Waals surface area contributed by atoms with Crippen molar-refractivity contribution in [1.29, 1.82) is 0 Å². The van der Waals surface area contributed by atoms with Gasteiger partial charge in [0.1, 0.15) is 17.1 Å². The zero-order chi connectivity index (χ0) is 21.3. The number of nitrogens with one attached hydrogen (secondary N) is 2. The Morgan fingerprint density at radius 2 is 2.07 bits per heavy atom. The van der Waals surface area contributed by atoms with Gasteiger partial charge in [0.2, 0.25) is 11.0 Å². The van der Waals surface area contributed by atoms with E-state index in [2.05, 4.69) is 20.8 Å². The molecule has 2 amide bonds. The maximum Gasteiger partial charge on any atom is 0.353 e. The van der Waals surface area contributed by atoms with E-state index in [1.165, 1.54) is 39.8 Å². The number of aliphatic carboxylic acids is 1. The van der Waals surface area contributed by atoms with Crippen LogP contribution in [0.4, 0.5) is 5.13 Å². The van der Waals surface area contributed by atoms with Crippen molar-refractivity contribution in [3.05, 3.63) is 46.5 Å². The summed E-state index contributed by atoms with van der Waals surface area (Å²) < 4.78 is 0.591. The predicted molar refractivity (Wildman–Crippen MR) is 115 cm³/mol. The molecule has 1 saturated heterocycles. The highest BCUT2D eigenvalue weighted by molar-refractivity contribution is 8.07. The number of hydrogen-bond acceptors (Lipinski definition) is 9. The van der Waals surface area contributed by atoms with E-state index < -0.39 is 23.3 Å². The lowest BCUT2D eigenvalue weighted by Crippen LogP contribution is -2.70. The number of thioether (sulfide) groups is 2. The van der Waals surface area contributed by atoms with E-state index in [1.54, 1.807) is 7.05 Å². The molecular weight excluding hydrogens is 446 g/mol. The largest absolute Gasteiger partial charge is 0.477 e. The number of carbonyl (C=O) groups excluding carboxylic acids is 2. The zero-order valence-corrected chi connectivity index (χ0v) is 18.1. The Hall–Kier alpha value is -2.57. The quantitative estimate of drug-likeness (QED) is 0.525. The Kier molecular flexibility index (Phi) is 5.97. The molecule has 0 bridgehead atoms. The molecule has 1 aromatic heterocycles. The van der Waals surface area contributed by atoms with Crippen LogP contribution in [0, 0.1) is 0 Å². The van der Waals surface area contributed by atoms with Crippen molar-refractivity contribution in [3.63, 3.8) is 0 Å². The zero-order valence-electron chi connectivity index (χ0n) is 15.7. The first-order chi connectivity index (χ1) is 14.5. The molecule has 3 N–H and O–H groups in total. The van der Waals surface area contributed by atoms with Crippen molar-refractivity contribution in [3.8, 4) is 0 Å². The van der Waals surface area contributed by atoms with Crippen molar-refractivity contribution >= 4 is 57.8 Å². The van der Waals surface area contributed by atoms with E-state index in [9.17, 15) is 19.5 Å². The number of β-lactam (4-membered cyclic amide) rings is 1. The number of benzene rings is 1. The molecule has 0 unspecified atom stereocenters. The molecule has 1 aromatic carbocycles. The van der Waals surface area contributed by atoms with E-state index >= 15 is 0 Å². The van der Waals surface area contributed by atoms with Gasteiger partial charge in [0.15, 0.2) is 4.34 Å². The first-order valence-corrected chi connectivity index (χ1v) is 11.6. The van der Waals surface area contributed by atoms with Crippen LogP contribution in [0.1, 0.15) is 5.56 Å². The summed E-state index contributed by atoms with van der Waals surface area (Å²) in [6, 6.07) is 8.50. The molecule has 156 valence electrons. The summed E-state index contributed by atoms with van der Waals surface area (Å²) in [5, 5.41) is 23.5. The molecule has 2 aliphatic heterocycles. The molecule has 0 aliphatic carbocycles. The van der Waals surface area contributed by atoms with Crippen LogP contribution in [0.25, 0.3) is 0 Å². The number of carboxylic acid groups (broad SMARTS) is 1. The molecule has 0 radical (unpaired) electrons. The minimum absolute atomic E-state index is 0.0523. The summed E-state index contributed by atoms with van der Waals surface area (Å²) in [7, 11) is 1.73. The molecular formula is C18H17N5O4S3. The highest BCUT2D eigenvalue weighted by Gasteiger charge is 2.54. The Labute approximate surface area is 184 Å². The van der Waals surface area contributed by atoms with Crippen LogP contribution in [0.15, 0.2) is 45.3 Å². The van der Waals surface area contributed by atoms with Gasteiger partial charge in [-0.05, 0) is 5.56 Å². The van der Waals surface area contributed by atoms with Gasteiger partial charge in [-0.25, -0.2) is 4.79 Å². The summed E-state index contributed by atoms with van der Waals surface area (Å²) in [6.45, 7) is 0. The predicted octanol–water partition coefficient (Wildman–Crippen LogP) is 1.61. The number of carbonyl (C=O) groups is 3. The van der Waals surface area contributed by atoms with Crippen LogP contribution >= 0.6 is 34.9 Å². The van der Waals surface area contributed by atoms with E-state index in [-0.39, 0.29) is 18.0 Å². The van der Waals surface area contributed by atoms with Gasteiger partial charge < -0.3 is 15.7 Å². The highest BCUT2D eigenvalue weighted by Crippen LogP contribution is 2.45. The molecule has 2 atom stereocenters. The molecule has 0 saturated carbocycles. The average molecular weight is 464 g/mol. The van der Waals surface area contributed by atoms with Crippen LogP contribution in [-0.2, 0) is 20.8 Å². The van der Waals surface area contributed by atoms with Crippen molar-refractivity contribution in [2.45, 2.75) is 22.2 Å². The topological polar surface area (TPSA) is 125 Å². The Morgan fingerprint density at radius 1 is 1.30 bits per heavy atom. The monoisotopic (exact) mass is 463 g/mol. The van der Waals surface area contributed by atoms with Crippen LogP contribution in [0.3, 0.4) is 0 Å². The molecule has 1 fully saturated rings. The van der Waals surface area contributed by atoms with Crippen LogP contribution in [0.2, 0.25) is 0 Å². The van der Waals surface area contributed by atoms with E-state index in [4.69, 9.17) is 0 Å². The minimum Gasteiger partial charge on any atom is -0.477 e. The lowest BCUT2D eigenvalue weighted by atomic mass is 10.0. The smallest absolute Gasteiger partial charge is 0.353 e. The van der Waals surface area contributed by atoms with Gasteiger partial charge >= 0.3 is 5.97 Å². The fourth-order valence-electron chi connectivity index (χ4n) is 3.13. The lowest BCUT2D eigenvalue weighted by molar-refractivity contribution is -0.150. The van der Waals surface area contributed by atoms with Gasteiger partial charge in [-0.1, -0.05) is 53.4 Å². The summed E-state index contributed by atoms with van der Waals surface area (Å²) in [5.41, 5.74) is 0.793. The molecule has 9 nitrogen and oxygen atoms in total. The van der Waals surface area contributed by atoms with Crippen molar-refractivity contribution in [2.75, 3.05) is 18.1 Å². The summed E-state index contributed by atoms with van der Waals surface area (Å²) in [6.07, 6.45) is 0.162. The van der Waals surface area contributed by atoms with Gasteiger partial charge in [-0.2, -0.15) is 0 Å². The SMILES string of the molecule is CNc1nnc(SC2=C(C(=O)O)N3C(=O)[C@@H](NC(=O)Cc4ccccc4)[C@@H]3SC2)s1. The number of anilines is 1. The average Bonchev–Trinajstić information content (AvgIpc) is 3.20. The second kappa shape index (κ2) is 8.66. The van der Waals surface area contributed by atoms with Gasteiger partial charge in [0.05, 0.1) is 6.42 Å². The van der Waals surface area contributed by atoms with Crippen molar-refractivity contribution < 1.29 is 19.5 Å². The van der Waals surface area contributed by atoms with Crippen molar-refractivity contribution in [1.82, 2.24) is 20.4 Å². The molecule has 0 spiro atoms. The number of hydrogen-bond donors (Lipinski definition) is 3. The molecule has 30 heavy (non-hydrogen) atoms. The Balaban J connectivity index is 1.47. The third-order valence-corrected chi connectivity index (χ3v) is 8.03. The second-order valence-electron chi connectivity index (χ2n) is 6.42. The minimum atomic E-state index is -1.18. The standard InChI is InChI=1S/C18H17N5O4S3/c1-19-17-21-22-18(30-17)29-10-8-28-15-12(14(25)23(15)13(10)16(26)27)20-11(24)7-9-5-3-2-4-6-9/h2-6,12,15H,7-8H2,1H3,(H,19,21)(H,20,24)(H,26,27)/t12-,15+/m1/s1. The van der Waals surface area contributed by atoms with Gasteiger partial charge in [-0.15, -0.1) is 22.0 Å². The number of rotatable bonds is 7. The fraction of sp³-hybridized carbons (Fsp3) is 0.278. The van der Waals surface area contributed by atoms with Crippen LogP contribution in [-0.4, -0.2) is 62.2 Å². The fourth-order valence-corrected chi connectivity index (χ4v) is 6.48. The Bertz CT molecular complexity index is 1030. The first kappa shape index (κ1) is 20.7. The van der Waals surface area contributed by atoms with E-state index in [0.29, 0.717) is 20.1 Å². The van der Waals surface area contributed by atoms with E-state index in [1.807, 2.05) is 30.3 Å². The third kappa shape index (κ3) is 4.02. The highest BCUT2D eigenvalue weighted by atomic mass is 32.2. The Morgan fingerprint density at radius 3 is 2.73 bits per heavy atom. The maximum atomic E-state index is 12.7. The molecule has 2 aliphatic rings. The number of aromatic nitrogens is 2. The molecule has 4 rings (SSSR count). The number of carboxylic acids is 1. The van der Waals surface area contributed by atoms with E-state index in [0.717, 1.165) is 5.56 Å². The van der Waals surface area contributed by atoms with Crippen molar-refractivity contribution in [2.24, 2.45) is 0 Å². The normalized spacial score (nSPS) is 20.4. The number of amides is 2. The summed E-state index contributed by atoms with van der Waals surface area (Å²) in [5.74, 6) is -1.46. The lowest BCUT2D eigenvalue weighted by Gasteiger charge is -2.49. The van der Waals surface area contributed by atoms with Crippen LogP contribution in [0.5, 0.6) is 0 Å². The number of fused-ring (bicyclic) bond motifs is 1. The number of nitrogens with zero attached hydrogens (tertiary/aromatic N) is 3.